The van der Waals surface area contributed by atoms with E-state index >= 15 is 0 Å². The first kappa shape index (κ1) is 22.4. The topological polar surface area (TPSA) is 133 Å². The number of rotatable bonds is 4. The van der Waals surface area contributed by atoms with Crippen molar-refractivity contribution in [3.8, 4) is 0 Å². The number of aryl methyl sites for hydroxylation is 1. The summed E-state index contributed by atoms with van der Waals surface area (Å²) in [5, 5.41) is 6.89. The third kappa shape index (κ3) is 5.07. The van der Waals surface area contributed by atoms with Crippen LogP contribution < -0.4 is 9.62 Å². The first-order chi connectivity index (χ1) is 14.2. The molecule has 3 aliphatic rings. The Kier molecular flexibility index (Phi) is 6.91. The summed E-state index contributed by atoms with van der Waals surface area (Å²) in [7, 11) is -3.30. The number of nitrogens with zero attached hydrogens (tertiary/aromatic N) is 4. The lowest BCUT2D eigenvalue weighted by atomic mass is 9.72. The van der Waals surface area contributed by atoms with Gasteiger partial charge in [0.25, 0.3) is 6.47 Å². The predicted molar refractivity (Wildman–Crippen MR) is 110 cm³/mol. The number of anilines is 1. The molecule has 10 nitrogen and oxygen atoms in total. The van der Waals surface area contributed by atoms with Crippen LogP contribution in [0.15, 0.2) is 12.3 Å². The molecule has 3 fully saturated rings. The molecule has 3 saturated heterocycles. The van der Waals surface area contributed by atoms with E-state index in [-0.39, 0.29) is 36.9 Å². The van der Waals surface area contributed by atoms with Gasteiger partial charge >= 0.3 is 0 Å². The Labute approximate surface area is 176 Å². The van der Waals surface area contributed by atoms with Crippen LogP contribution in [0, 0.1) is 18.8 Å². The highest BCUT2D eigenvalue weighted by molar-refractivity contribution is 7.88. The van der Waals surface area contributed by atoms with E-state index in [4.69, 9.17) is 9.90 Å². The number of carboxylic acid groups (broad SMARTS) is 1. The van der Waals surface area contributed by atoms with Crippen LogP contribution in [0.3, 0.4) is 0 Å². The SMILES string of the molecule is Cc1nccc(N2C[C@H]3C[C@@H](C2)[C@H](CNS(C)(=O)=O)N2C(=O)CCC[C@@H]32)n1.O=CO. The van der Waals surface area contributed by atoms with E-state index in [1.807, 2.05) is 17.9 Å². The first-order valence-corrected chi connectivity index (χ1v) is 12.0. The maximum absolute atomic E-state index is 12.7. The maximum Gasteiger partial charge on any atom is 0.290 e. The number of fused-ring (bicyclic) bond motifs is 4. The smallest absolute Gasteiger partial charge is 0.290 e. The van der Waals surface area contributed by atoms with Crippen LogP contribution in [-0.2, 0) is 19.6 Å². The van der Waals surface area contributed by atoms with Crippen molar-refractivity contribution in [2.24, 2.45) is 11.8 Å². The lowest BCUT2D eigenvalue weighted by Crippen LogP contribution is -2.67. The van der Waals surface area contributed by atoms with Crippen LogP contribution in [0.5, 0.6) is 0 Å². The Morgan fingerprint density at radius 3 is 2.70 bits per heavy atom. The number of carbonyl (C=O) groups is 2. The Balaban J connectivity index is 0.000000806. The number of hydrogen-bond acceptors (Lipinski definition) is 7. The Bertz CT molecular complexity index is 880. The molecule has 30 heavy (non-hydrogen) atoms. The van der Waals surface area contributed by atoms with Crippen LogP contribution in [0.2, 0.25) is 0 Å². The van der Waals surface area contributed by atoms with E-state index in [1.165, 1.54) is 6.26 Å². The standard InChI is InChI=1S/C18H27N5O3S.CH2O2/c1-12-19-7-6-17(21-12)22-10-13-8-14(11-22)16(9-20-27(2,25)26)23-15(13)4-3-5-18(23)24;2-1-3/h6-7,13-16,20H,3-5,8-11H2,1-2H3;1H,(H,2,3)/t13-,14+,15+,16+;/m1./s1. The van der Waals surface area contributed by atoms with Gasteiger partial charge in [0.2, 0.25) is 15.9 Å². The Morgan fingerprint density at radius 2 is 2.03 bits per heavy atom. The van der Waals surface area contributed by atoms with E-state index in [0.717, 1.165) is 44.0 Å². The molecule has 2 N–H and O–H groups in total. The van der Waals surface area contributed by atoms with Gasteiger partial charge in [-0.2, -0.15) is 0 Å². The summed E-state index contributed by atoms with van der Waals surface area (Å²) in [6.07, 6.45) is 6.46. The number of hydrogen-bond donors (Lipinski definition) is 2. The molecule has 0 radical (unpaired) electrons. The second-order valence-electron chi connectivity index (χ2n) is 8.18. The molecule has 0 unspecified atom stereocenters. The van der Waals surface area contributed by atoms with Crippen molar-refractivity contribution in [1.29, 1.82) is 0 Å². The summed E-state index contributed by atoms with van der Waals surface area (Å²) in [5.74, 6) is 2.47. The molecule has 2 bridgehead atoms. The quantitative estimate of drug-likeness (QED) is 0.638. The molecule has 4 atom stereocenters. The van der Waals surface area contributed by atoms with Crippen LogP contribution in [0.1, 0.15) is 31.5 Å². The van der Waals surface area contributed by atoms with Crippen molar-refractivity contribution in [1.82, 2.24) is 19.6 Å². The molecule has 4 heterocycles. The molecule has 166 valence electrons. The van der Waals surface area contributed by atoms with Gasteiger partial charge in [0.1, 0.15) is 11.6 Å². The van der Waals surface area contributed by atoms with Gasteiger partial charge in [-0.15, -0.1) is 0 Å². The van der Waals surface area contributed by atoms with Crippen LogP contribution in [0.4, 0.5) is 5.82 Å². The van der Waals surface area contributed by atoms with Gasteiger partial charge in [-0.05, 0) is 44.1 Å². The minimum atomic E-state index is -3.30. The highest BCUT2D eigenvalue weighted by Gasteiger charge is 2.49. The number of piperidine rings is 3. The van der Waals surface area contributed by atoms with Crippen LogP contribution >= 0.6 is 0 Å². The zero-order valence-electron chi connectivity index (χ0n) is 17.3. The third-order valence-corrected chi connectivity index (χ3v) is 6.83. The number of sulfonamides is 1. The van der Waals surface area contributed by atoms with E-state index in [0.29, 0.717) is 12.3 Å². The molecule has 1 amide bonds. The highest BCUT2D eigenvalue weighted by atomic mass is 32.2. The number of amides is 1. The van der Waals surface area contributed by atoms with Crippen molar-refractivity contribution in [2.45, 2.75) is 44.7 Å². The lowest BCUT2D eigenvalue weighted by molar-refractivity contribution is -0.148. The molecule has 0 aliphatic carbocycles. The summed E-state index contributed by atoms with van der Waals surface area (Å²) in [6.45, 7) is 3.58. The summed E-state index contributed by atoms with van der Waals surface area (Å²) >= 11 is 0. The molecule has 0 spiro atoms. The van der Waals surface area contributed by atoms with Crippen LogP contribution in [-0.4, -0.2) is 78.7 Å². The van der Waals surface area contributed by atoms with Gasteiger partial charge in [0, 0.05) is 38.3 Å². The number of carbonyl (C=O) groups excluding carboxylic acids is 1. The minimum absolute atomic E-state index is 0.0977. The average molecular weight is 440 g/mol. The summed E-state index contributed by atoms with van der Waals surface area (Å²) in [5.41, 5.74) is 0. The van der Waals surface area contributed by atoms with Gasteiger partial charge in [-0.25, -0.2) is 23.1 Å². The number of aromatic nitrogens is 2. The van der Waals surface area contributed by atoms with Crippen molar-refractivity contribution in [3.05, 3.63) is 18.1 Å². The fraction of sp³-hybridized carbons (Fsp3) is 0.684. The van der Waals surface area contributed by atoms with E-state index in [2.05, 4.69) is 19.6 Å². The molecule has 0 saturated carbocycles. The summed E-state index contributed by atoms with van der Waals surface area (Å²) in [4.78, 5) is 34.1. The maximum atomic E-state index is 12.7. The Morgan fingerprint density at radius 1 is 1.33 bits per heavy atom. The summed E-state index contributed by atoms with van der Waals surface area (Å²) < 4.78 is 26.0. The Hall–Kier alpha value is -2.27. The monoisotopic (exact) mass is 439 g/mol. The van der Waals surface area contributed by atoms with Gasteiger partial charge in [-0.3, -0.25) is 9.59 Å². The van der Waals surface area contributed by atoms with Gasteiger partial charge in [0.15, 0.2) is 0 Å². The van der Waals surface area contributed by atoms with Crippen molar-refractivity contribution < 1.29 is 23.1 Å². The van der Waals surface area contributed by atoms with Gasteiger partial charge < -0.3 is 14.9 Å². The van der Waals surface area contributed by atoms with Crippen molar-refractivity contribution in [2.75, 3.05) is 30.8 Å². The molecular formula is C19H29N5O5S. The molecule has 3 aliphatic heterocycles. The normalized spacial score (nSPS) is 28.3. The van der Waals surface area contributed by atoms with Gasteiger partial charge in [0.05, 0.1) is 12.3 Å². The van der Waals surface area contributed by atoms with E-state index in [9.17, 15) is 13.2 Å². The van der Waals surface area contributed by atoms with Crippen LogP contribution in [0.25, 0.3) is 0 Å². The van der Waals surface area contributed by atoms with Gasteiger partial charge in [-0.1, -0.05) is 0 Å². The van der Waals surface area contributed by atoms with E-state index in [1.54, 1.807) is 6.20 Å². The first-order valence-electron chi connectivity index (χ1n) is 10.1. The second kappa shape index (κ2) is 9.25. The molecule has 1 aromatic heterocycles. The fourth-order valence-corrected chi connectivity index (χ4v) is 5.55. The fourth-order valence-electron chi connectivity index (χ4n) is 5.08. The second-order valence-corrected chi connectivity index (χ2v) is 10.0. The summed E-state index contributed by atoms with van der Waals surface area (Å²) in [6, 6.07) is 2.03. The minimum Gasteiger partial charge on any atom is -0.483 e. The lowest BCUT2D eigenvalue weighted by Gasteiger charge is -2.56. The zero-order valence-corrected chi connectivity index (χ0v) is 18.1. The molecular weight excluding hydrogens is 410 g/mol. The van der Waals surface area contributed by atoms with Crippen molar-refractivity contribution in [3.63, 3.8) is 0 Å². The van der Waals surface area contributed by atoms with E-state index < -0.39 is 10.0 Å². The molecule has 0 aromatic carbocycles. The molecule has 4 rings (SSSR count). The predicted octanol–water partition coefficient (Wildman–Crippen LogP) is 0.241. The largest absolute Gasteiger partial charge is 0.483 e. The average Bonchev–Trinajstić information content (AvgIpc) is 2.68. The third-order valence-electron chi connectivity index (χ3n) is 6.14. The number of nitrogens with one attached hydrogen (secondary N) is 1. The molecule has 11 heteroatoms. The highest BCUT2D eigenvalue weighted by Crippen LogP contribution is 2.42. The van der Waals surface area contributed by atoms with Crippen molar-refractivity contribution >= 4 is 28.2 Å². The molecule has 1 aromatic rings. The zero-order chi connectivity index (χ0) is 21.9.